The van der Waals surface area contributed by atoms with E-state index in [0.717, 1.165) is 12.4 Å². The first-order valence-electron chi connectivity index (χ1n) is 6.96. The summed E-state index contributed by atoms with van der Waals surface area (Å²) >= 11 is 0. The van der Waals surface area contributed by atoms with E-state index >= 15 is 0 Å². The molecule has 0 saturated carbocycles. The molecular formula is C16H24N4. The van der Waals surface area contributed by atoms with Crippen molar-refractivity contribution in [3.05, 3.63) is 53.1 Å². The van der Waals surface area contributed by atoms with Gasteiger partial charge in [-0.3, -0.25) is 4.90 Å². The van der Waals surface area contributed by atoms with Crippen molar-refractivity contribution in [3.63, 3.8) is 0 Å². The summed E-state index contributed by atoms with van der Waals surface area (Å²) in [7, 11) is 4.12. The Labute approximate surface area is 121 Å². The van der Waals surface area contributed by atoms with E-state index in [1.807, 2.05) is 24.0 Å². The molecule has 1 heterocycles. The average Bonchev–Trinajstić information content (AvgIpc) is 2.80. The van der Waals surface area contributed by atoms with Gasteiger partial charge in [0.25, 0.3) is 0 Å². The Morgan fingerprint density at radius 3 is 2.60 bits per heavy atom. The third-order valence-corrected chi connectivity index (χ3v) is 3.98. The third kappa shape index (κ3) is 3.08. The number of benzene rings is 1. The topological polar surface area (TPSA) is 47.1 Å². The van der Waals surface area contributed by atoms with Gasteiger partial charge in [0.15, 0.2) is 0 Å². The largest absolute Gasteiger partial charge is 0.337 e. The summed E-state index contributed by atoms with van der Waals surface area (Å²) < 4.78 is 2.05. The van der Waals surface area contributed by atoms with Gasteiger partial charge in [0.05, 0.1) is 6.54 Å². The summed E-state index contributed by atoms with van der Waals surface area (Å²) in [5.41, 5.74) is 9.89. The molecule has 0 amide bonds. The maximum atomic E-state index is 5.99. The molecule has 0 bridgehead atoms. The van der Waals surface area contributed by atoms with Crippen LogP contribution in [-0.4, -0.2) is 28.0 Å². The number of rotatable bonds is 5. The number of aromatic nitrogens is 2. The number of nitrogens with two attached hydrogens (primary N) is 1. The summed E-state index contributed by atoms with van der Waals surface area (Å²) in [6.07, 6.45) is 3.80. The van der Waals surface area contributed by atoms with E-state index in [9.17, 15) is 0 Å². The molecule has 4 nitrogen and oxygen atoms in total. The number of nitrogens with zero attached hydrogens (tertiary/aromatic N) is 3. The van der Waals surface area contributed by atoms with Crippen LogP contribution in [0.2, 0.25) is 0 Å². The number of hydrogen-bond acceptors (Lipinski definition) is 3. The Balaban J connectivity index is 2.18. The van der Waals surface area contributed by atoms with Crippen LogP contribution < -0.4 is 5.73 Å². The van der Waals surface area contributed by atoms with Gasteiger partial charge in [-0.25, -0.2) is 4.98 Å². The van der Waals surface area contributed by atoms with Crippen LogP contribution in [0, 0.1) is 13.8 Å². The lowest BCUT2D eigenvalue weighted by molar-refractivity contribution is 0.233. The average molecular weight is 272 g/mol. The fourth-order valence-electron chi connectivity index (χ4n) is 2.42. The van der Waals surface area contributed by atoms with Crippen LogP contribution in [0.3, 0.4) is 0 Å². The molecule has 0 aliphatic carbocycles. The van der Waals surface area contributed by atoms with E-state index in [2.05, 4.69) is 49.0 Å². The van der Waals surface area contributed by atoms with Crippen molar-refractivity contribution in [1.82, 2.24) is 14.5 Å². The summed E-state index contributed by atoms with van der Waals surface area (Å²) in [4.78, 5) is 6.63. The van der Waals surface area contributed by atoms with Gasteiger partial charge in [-0.2, -0.15) is 0 Å². The second kappa shape index (κ2) is 6.20. The van der Waals surface area contributed by atoms with Gasteiger partial charge in [0.1, 0.15) is 5.82 Å². The van der Waals surface area contributed by atoms with Crippen LogP contribution >= 0.6 is 0 Å². The highest BCUT2D eigenvalue weighted by Gasteiger charge is 2.17. The molecule has 4 heteroatoms. The van der Waals surface area contributed by atoms with Gasteiger partial charge in [0.2, 0.25) is 0 Å². The van der Waals surface area contributed by atoms with Crippen molar-refractivity contribution in [2.45, 2.75) is 26.4 Å². The second-order valence-electron chi connectivity index (χ2n) is 5.46. The third-order valence-electron chi connectivity index (χ3n) is 3.98. The van der Waals surface area contributed by atoms with E-state index in [4.69, 9.17) is 5.73 Å². The molecule has 0 fully saturated rings. The van der Waals surface area contributed by atoms with Gasteiger partial charge >= 0.3 is 0 Å². The predicted octanol–water partition coefficient (Wildman–Crippen LogP) is 2.17. The van der Waals surface area contributed by atoms with Crippen LogP contribution in [0.15, 0.2) is 30.6 Å². The molecule has 0 radical (unpaired) electrons. The zero-order valence-corrected chi connectivity index (χ0v) is 12.8. The molecule has 0 saturated heterocycles. The van der Waals surface area contributed by atoms with Crippen LogP contribution in [-0.2, 0) is 13.6 Å². The van der Waals surface area contributed by atoms with Crippen molar-refractivity contribution >= 4 is 0 Å². The Hall–Kier alpha value is -1.65. The van der Waals surface area contributed by atoms with E-state index in [-0.39, 0.29) is 6.04 Å². The lowest BCUT2D eigenvalue weighted by Gasteiger charge is -2.27. The maximum Gasteiger partial charge on any atom is 0.122 e. The minimum Gasteiger partial charge on any atom is -0.337 e. The van der Waals surface area contributed by atoms with Gasteiger partial charge in [0, 0.05) is 32.0 Å². The first-order chi connectivity index (χ1) is 9.52. The van der Waals surface area contributed by atoms with Crippen molar-refractivity contribution in [2.75, 3.05) is 13.6 Å². The Bertz CT molecular complexity index is 574. The lowest BCUT2D eigenvalue weighted by Crippen LogP contribution is -2.31. The Morgan fingerprint density at radius 2 is 2.05 bits per heavy atom. The van der Waals surface area contributed by atoms with Crippen molar-refractivity contribution in [2.24, 2.45) is 12.8 Å². The minimum absolute atomic E-state index is 0.214. The highest BCUT2D eigenvalue weighted by Crippen LogP contribution is 2.22. The van der Waals surface area contributed by atoms with Crippen molar-refractivity contribution in [1.29, 1.82) is 0 Å². The molecule has 2 rings (SSSR count). The number of likely N-dealkylation sites (N-methyl/N-ethyl adjacent to an activating group) is 1. The Kier molecular flexibility index (Phi) is 4.57. The molecule has 0 aliphatic heterocycles. The number of hydrogen-bond donors (Lipinski definition) is 1. The quantitative estimate of drug-likeness (QED) is 0.907. The molecule has 108 valence electrons. The number of aryl methyl sites for hydroxylation is 3. The Morgan fingerprint density at radius 1 is 1.30 bits per heavy atom. The van der Waals surface area contributed by atoms with Gasteiger partial charge < -0.3 is 10.3 Å². The van der Waals surface area contributed by atoms with Gasteiger partial charge in [-0.15, -0.1) is 0 Å². The molecule has 1 aromatic carbocycles. The summed E-state index contributed by atoms with van der Waals surface area (Å²) in [5, 5.41) is 0. The molecule has 20 heavy (non-hydrogen) atoms. The molecule has 0 spiro atoms. The van der Waals surface area contributed by atoms with E-state index < -0.39 is 0 Å². The predicted molar refractivity (Wildman–Crippen MR) is 82.4 cm³/mol. The highest BCUT2D eigenvalue weighted by atomic mass is 15.2. The molecular weight excluding hydrogens is 248 g/mol. The smallest absolute Gasteiger partial charge is 0.122 e. The van der Waals surface area contributed by atoms with Crippen molar-refractivity contribution < 1.29 is 0 Å². The molecule has 1 atom stereocenters. The molecule has 2 N–H and O–H groups in total. The fraction of sp³-hybridized carbons (Fsp3) is 0.438. The zero-order chi connectivity index (χ0) is 14.7. The molecule has 1 aromatic heterocycles. The standard InChI is InChI=1S/C16H24N4/c1-12-5-6-14(9-13(12)2)15(10-17)20(4)11-16-18-7-8-19(16)3/h5-9,15H,10-11,17H2,1-4H3. The van der Waals surface area contributed by atoms with E-state index in [0.29, 0.717) is 6.54 Å². The minimum atomic E-state index is 0.214. The molecule has 1 unspecified atom stereocenters. The van der Waals surface area contributed by atoms with E-state index in [1.54, 1.807) is 0 Å². The normalized spacial score (nSPS) is 12.9. The lowest BCUT2D eigenvalue weighted by atomic mass is 10.00. The maximum absolute atomic E-state index is 5.99. The summed E-state index contributed by atoms with van der Waals surface area (Å²) in [5.74, 6) is 1.05. The number of imidazole rings is 1. The first-order valence-corrected chi connectivity index (χ1v) is 6.96. The highest BCUT2D eigenvalue weighted by molar-refractivity contribution is 5.32. The monoisotopic (exact) mass is 272 g/mol. The SMILES string of the molecule is Cc1ccc(C(CN)N(C)Cc2nccn2C)cc1C. The van der Waals surface area contributed by atoms with Crippen molar-refractivity contribution in [3.8, 4) is 0 Å². The van der Waals surface area contributed by atoms with Crippen LogP contribution in [0.5, 0.6) is 0 Å². The molecule has 0 aliphatic rings. The fourth-order valence-corrected chi connectivity index (χ4v) is 2.42. The van der Waals surface area contributed by atoms with Gasteiger partial charge in [-0.05, 0) is 37.6 Å². The second-order valence-corrected chi connectivity index (χ2v) is 5.46. The summed E-state index contributed by atoms with van der Waals surface area (Å²) in [6, 6.07) is 6.80. The molecule has 2 aromatic rings. The van der Waals surface area contributed by atoms with Crippen LogP contribution in [0.25, 0.3) is 0 Å². The first kappa shape index (κ1) is 14.8. The van der Waals surface area contributed by atoms with Crippen LogP contribution in [0.1, 0.15) is 28.6 Å². The van der Waals surface area contributed by atoms with E-state index in [1.165, 1.54) is 16.7 Å². The summed E-state index contributed by atoms with van der Waals surface area (Å²) in [6.45, 7) is 5.67. The zero-order valence-electron chi connectivity index (χ0n) is 12.8. The van der Waals surface area contributed by atoms with Gasteiger partial charge in [-0.1, -0.05) is 18.2 Å². The van der Waals surface area contributed by atoms with Crippen LogP contribution in [0.4, 0.5) is 0 Å².